The van der Waals surface area contributed by atoms with Crippen LogP contribution in [-0.2, 0) is 4.74 Å². The van der Waals surface area contributed by atoms with Crippen molar-refractivity contribution in [1.82, 2.24) is 0 Å². The summed E-state index contributed by atoms with van der Waals surface area (Å²) in [6.45, 7) is 0. The molecule has 0 unspecified atom stereocenters. The van der Waals surface area contributed by atoms with Crippen molar-refractivity contribution in [2.24, 2.45) is 0 Å². The van der Waals surface area contributed by atoms with E-state index >= 15 is 0 Å². The fourth-order valence-electron chi connectivity index (χ4n) is 2.12. The van der Waals surface area contributed by atoms with E-state index in [0.717, 1.165) is 0 Å². The number of hydrogen-bond donors (Lipinski definition) is 2. The van der Waals surface area contributed by atoms with E-state index in [1.807, 2.05) is 0 Å². The first kappa shape index (κ1) is 15.9. The molecule has 0 atom stereocenters. The lowest BCUT2D eigenvalue weighted by molar-refractivity contribution is 0.0800. The summed E-state index contributed by atoms with van der Waals surface area (Å²) in [5.41, 5.74) is 2.02. The minimum Gasteiger partial charge on any atom is -0.449 e. The molecule has 0 spiro atoms. The molecule has 2 aromatic carbocycles. The number of carbonyl (C=O) groups excluding carboxylic acids is 2. The molecular weight excluding hydrogens is 304 g/mol. The summed E-state index contributed by atoms with van der Waals surface area (Å²) >= 11 is 0. The zero-order valence-electron chi connectivity index (χ0n) is 11.6. The third-order valence-electron chi connectivity index (χ3n) is 3.01. The highest BCUT2D eigenvalue weighted by atomic mass is 16.7. The minimum absolute atomic E-state index is 0.0641. The van der Waals surface area contributed by atoms with Gasteiger partial charge in [-0.05, 0) is 0 Å². The van der Waals surface area contributed by atoms with Crippen LogP contribution in [0.1, 0.15) is 31.8 Å². The number of carboxylic acid groups (broad SMARTS) is 2. The summed E-state index contributed by atoms with van der Waals surface area (Å²) in [4.78, 5) is 42.6. The van der Waals surface area contributed by atoms with Gasteiger partial charge in [-0.3, -0.25) is 9.59 Å². The Balaban J connectivity index is 0.000000236. The lowest BCUT2D eigenvalue weighted by Gasteiger charge is -2.16. The number of carbonyl (C=O) groups is 4. The molecule has 0 amide bonds. The molecule has 116 valence electrons. The fraction of sp³-hybridized carbons (Fsp3) is 0. The predicted molar refractivity (Wildman–Crippen MR) is 76.9 cm³/mol. The Kier molecular flexibility index (Phi) is 4.51. The standard InChI is InChI=1S/C14H8O2.C2H2O5/c15-13-9-5-1-2-6-10(9)14(16)12-8-4-3-7-11(12)13;3-1(4)7-2(5)6/h1-8H;(H,3,4)(H,5,6). The van der Waals surface area contributed by atoms with Gasteiger partial charge in [-0.15, -0.1) is 0 Å². The maximum atomic E-state index is 12.1. The second-order valence-electron chi connectivity index (χ2n) is 4.38. The summed E-state index contributed by atoms with van der Waals surface area (Å²) in [5.74, 6) is -0.128. The van der Waals surface area contributed by atoms with Crippen molar-refractivity contribution in [1.29, 1.82) is 0 Å². The Morgan fingerprint density at radius 3 is 1.09 bits per heavy atom. The summed E-state index contributed by atoms with van der Waals surface area (Å²) in [5, 5.41) is 15.0. The van der Waals surface area contributed by atoms with Gasteiger partial charge in [-0.1, -0.05) is 48.5 Å². The van der Waals surface area contributed by atoms with Crippen molar-refractivity contribution < 1.29 is 34.1 Å². The highest BCUT2D eigenvalue weighted by molar-refractivity contribution is 6.28. The van der Waals surface area contributed by atoms with Crippen LogP contribution >= 0.6 is 0 Å². The second-order valence-corrected chi connectivity index (χ2v) is 4.38. The lowest BCUT2D eigenvalue weighted by atomic mass is 9.84. The molecule has 0 heterocycles. The largest absolute Gasteiger partial charge is 0.516 e. The summed E-state index contributed by atoms with van der Waals surface area (Å²) in [7, 11) is 0. The maximum Gasteiger partial charge on any atom is 0.516 e. The second kappa shape index (κ2) is 6.52. The Bertz CT molecular complexity index is 690. The molecule has 7 nitrogen and oxygen atoms in total. The summed E-state index contributed by atoms with van der Waals surface area (Å²) in [6, 6.07) is 13.9. The first-order valence-corrected chi connectivity index (χ1v) is 6.33. The number of ether oxygens (including phenoxy) is 1. The van der Waals surface area contributed by atoms with Crippen LogP contribution < -0.4 is 0 Å². The third-order valence-corrected chi connectivity index (χ3v) is 3.01. The monoisotopic (exact) mass is 314 g/mol. The lowest BCUT2D eigenvalue weighted by Crippen LogP contribution is -2.20. The van der Waals surface area contributed by atoms with E-state index in [4.69, 9.17) is 10.2 Å². The molecular formula is C16H10O7. The molecule has 2 aromatic rings. The van der Waals surface area contributed by atoms with E-state index in [9.17, 15) is 19.2 Å². The average Bonchev–Trinajstić information content (AvgIpc) is 2.52. The van der Waals surface area contributed by atoms with Crippen molar-refractivity contribution in [2.45, 2.75) is 0 Å². The number of rotatable bonds is 0. The van der Waals surface area contributed by atoms with Gasteiger partial charge in [0.2, 0.25) is 0 Å². The molecule has 7 heteroatoms. The topological polar surface area (TPSA) is 118 Å². The highest BCUT2D eigenvalue weighted by Crippen LogP contribution is 2.26. The van der Waals surface area contributed by atoms with Crippen LogP contribution in [0.15, 0.2) is 48.5 Å². The smallest absolute Gasteiger partial charge is 0.449 e. The van der Waals surface area contributed by atoms with Gasteiger partial charge in [0.25, 0.3) is 0 Å². The van der Waals surface area contributed by atoms with Crippen LogP contribution in [0.5, 0.6) is 0 Å². The quantitative estimate of drug-likeness (QED) is 0.484. The molecule has 0 bridgehead atoms. The van der Waals surface area contributed by atoms with E-state index in [1.165, 1.54) is 0 Å². The Labute approximate surface area is 129 Å². The Morgan fingerprint density at radius 1 is 0.652 bits per heavy atom. The maximum absolute atomic E-state index is 12.1. The molecule has 0 aliphatic heterocycles. The number of ketones is 2. The van der Waals surface area contributed by atoms with Gasteiger partial charge in [-0.25, -0.2) is 9.59 Å². The molecule has 1 aliphatic carbocycles. The van der Waals surface area contributed by atoms with Gasteiger partial charge in [0.1, 0.15) is 0 Å². The predicted octanol–water partition coefficient (Wildman–Crippen LogP) is 2.82. The molecule has 0 aromatic heterocycles. The van der Waals surface area contributed by atoms with E-state index in [-0.39, 0.29) is 11.6 Å². The Morgan fingerprint density at radius 2 is 0.913 bits per heavy atom. The van der Waals surface area contributed by atoms with Crippen LogP contribution in [0.2, 0.25) is 0 Å². The normalized spacial score (nSPS) is 11.5. The van der Waals surface area contributed by atoms with Gasteiger partial charge in [-0.2, -0.15) is 0 Å². The van der Waals surface area contributed by atoms with Crippen LogP contribution in [0, 0.1) is 0 Å². The molecule has 0 saturated carbocycles. The zero-order valence-corrected chi connectivity index (χ0v) is 11.6. The molecule has 23 heavy (non-hydrogen) atoms. The van der Waals surface area contributed by atoms with Crippen LogP contribution in [-0.4, -0.2) is 34.1 Å². The molecule has 0 saturated heterocycles. The molecule has 0 fully saturated rings. The SMILES string of the molecule is O=C(O)OC(=O)O.O=C1c2ccccc2C(=O)c2ccccc21. The van der Waals surface area contributed by atoms with Crippen molar-refractivity contribution in [2.75, 3.05) is 0 Å². The van der Waals surface area contributed by atoms with Crippen LogP contribution in [0.25, 0.3) is 0 Å². The first-order valence-electron chi connectivity index (χ1n) is 6.33. The van der Waals surface area contributed by atoms with E-state index in [2.05, 4.69) is 4.74 Å². The minimum atomic E-state index is -1.81. The molecule has 3 rings (SSSR count). The van der Waals surface area contributed by atoms with E-state index in [1.54, 1.807) is 48.5 Å². The highest BCUT2D eigenvalue weighted by Gasteiger charge is 2.28. The fourth-order valence-corrected chi connectivity index (χ4v) is 2.12. The van der Waals surface area contributed by atoms with Gasteiger partial charge in [0, 0.05) is 22.3 Å². The number of benzene rings is 2. The van der Waals surface area contributed by atoms with Crippen molar-refractivity contribution in [3.63, 3.8) is 0 Å². The van der Waals surface area contributed by atoms with Gasteiger partial charge in [0.15, 0.2) is 11.6 Å². The zero-order chi connectivity index (χ0) is 17.0. The third kappa shape index (κ3) is 3.41. The summed E-state index contributed by atoms with van der Waals surface area (Å²) < 4.78 is 3.08. The van der Waals surface area contributed by atoms with Gasteiger partial charge >= 0.3 is 12.3 Å². The summed E-state index contributed by atoms with van der Waals surface area (Å²) in [6.07, 6.45) is -3.62. The molecule has 1 aliphatic rings. The van der Waals surface area contributed by atoms with E-state index < -0.39 is 12.3 Å². The van der Waals surface area contributed by atoms with Crippen LogP contribution in [0.3, 0.4) is 0 Å². The van der Waals surface area contributed by atoms with Crippen molar-refractivity contribution in [3.05, 3.63) is 70.8 Å². The number of hydrogen-bond acceptors (Lipinski definition) is 5. The first-order chi connectivity index (χ1) is 10.9. The average molecular weight is 314 g/mol. The van der Waals surface area contributed by atoms with Gasteiger partial charge in [0.05, 0.1) is 0 Å². The van der Waals surface area contributed by atoms with Crippen molar-refractivity contribution in [3.8, 4) is 0 Å². The van der Waals surface area contributed by atoms with Crippen LogP contribution in [0.4, 0.5) is 9.59 Å². The number of fused-ring (bicyclic) bond motifs is 2. The van der Waals surface area contributed by atoms with Gasteiger partial charge < -0.3 is 14.9 Å². The molecule has 2 N–H and O–H groups in total. The molecule has 0 radical (unpaired) electrons. The van der Waals surface area contributed by atoms with E-state index in [0.29, 0.717) is 22.3 Å². The van der Waals surface area contributed by atoms with Crippen molar-refractivity contribution >= 4 is 23.9 Å². The Hall–Kier alpha value is -3.48.